The van der Waals surface area contributed by atoms with Crippen LogP contribution in [-0.2, 0) is 16.7 Å². The van der Waals surface area contributed by atoms with Crippen molar-refractivity contribution >= 4 is 55.2 Å². The third-order valence-corrected chi connectivity index (χ3v) is 10.2. The molecule has 0 saturated carbocycles. The zero-order valence-electron chi connectivity index (χ0n) is 23.5. The number of anilines is 1. The van der Waals surface area contributed by atoms with Crippen molar-refractivity contribution < 1.29 is 22.3 Å². The molecule has 9 heteroatoms. The molecule has 0 spiro atoms. The average molecular weight is 607 g/mol. The van der Waals surface area contributed by atoms with E-state index in [-0.39, 0.29) is 5.75 Å². The Balaban J connectivity index is 1.52. The zero-order valence-corrected chi connectivity index (χ0v) is 25.9. The topological polar surface area (TPSA) is 73.5 Å². The van der Waals surface area contributed by atoms with Crippen molar-refractivity contribution in [2.24, 2.45) is 0 Å². The monoisotopic (exact) mass is 606 g/mol. The van der Waals surface area contributed by atoms with E-state index in [2.05, 4.69) is 77.9 Å². The molecule has 41 heavy (non-hydrogen) atoms. The summed E-state index contributed by atoms with van der Waals surface area (Å²) in [6.07, 6.45) is 6.33. The minimum atomic E-state index is -4.22. The van der Waals surface area contributed by atoms with Gasteiger partial charge >= 0.3 is 0 Å². The molecule has 6 nitrogen and oxygen atoms in total. The van der Waals surface area contributed by atoms with Gasteiger partial charge in [0.05, 0.1) is 27.9 Å². The van der Waals surface area contributed by atoms with E-state index >= 15 is 0 Å². The van der Waals surface area contributed by atoms with E-state index in [9.17, 15) is 13.0 Å². The van der Waals surface area contributed by atoms with Gasteiger partial charge in [-0.15, -0.1) is 0 Å². The van der Waals surface area contributed by atoms with Gasteiger partial charge < -0.3 is 14.2 Å². The van der Waals surface area contributed by atoms with E-state index in [1.54, 1.807) is 30.2 Å². The van der Waals surface area contributed by atoms with Gasteiger partial charge in [-0.2, -0.15) is 4.57 Å². The molecule has 0 amide bonds. The van der Waals surface area contributed by atoms with Gasteiger partial charge in [-0.3, -0.25) is 0 Å². The maximum atomic E-state index is 11.2. The fourth-order valence-corrected chi connectivity index (χ4v) is 7.89. The predicted octanol–water partition coefficient (Wildman–Crippen LogP) is 7.46. The molecule has 2 heterocycles. The van der Waals surface area contributed by atoms with E-state index < -0.39 is 10.1 Å². The number of fused-ring (bicyclic) bond motifs is 2. The number of aromatic nitrogens is 1. The molecule has 3 aromatic carbocycles. The zero-order chi connectivity index (χ0) is 29.0. The Morgan fingerprint density at radius 2 is 1.83 bits per heavy atom. The fraction of sp³-hybridized carbons (Fsp3) is 0.281. The fourth-order valence-electron chi connectivity index (χ4n) is 5.00. The Morgan fingerprint density at radius 3 is 2.54 bits per heavy atom. The summed E-state index contributed by atoms with van der Waals surface area (Å²) in [5.74, 6) is 0.513. The van der Waals surface area contributed by atoms with Crippen LogP contribution in [0.4, 0.5) is 5.69 Å². The number of thiazole rings is 1. The number of hydrogen-bond donors (Lipinski definition) is 0. The first-order valence-electron chi connectivity index (χ1n) is 13.8. The van der Waals surface area contributed by atoms with E-state index in [1.165, 1.54) is 20.2 Å². The van der Waals surface area contributed by atoms with Crippen LogP contribution in [0.25, 0.3) is 27.4 Å². The second-order valence-corrected chi connectivity index (χ2v) is 13.5. The standard InChI is InChI=1S/C32H34N2O4S3/c1-4-23(19-31-33(5-2)28-22-26(38-3)14-16-30(28)39-31)20-32-34(17-9-10-18-41(35,36)37)27-21-25(13-15-29(27)40-32)24-11-7-6-8-12-24/h6-8,11-16,19-22H,4-5,9-10,17-18H2,1-3H3. The lowest BCUT2D eigenvalue weighted by Crippen LogP contribution is -2.35. The number of hydrogen-bond acceptors (Lipinski definition) is 7. The number of benzene rings is 3. The first-order chi connectivity index (χ1) is 19.8. The summed E-state index contributed by atoms with van der Waals surface area (Å²) in [7, 11) is -2.53. The number of ether oxygens (including phenoxy) is 1. The summed E-state index contributed by atoms with van der Waals surface area (Å²) in [4.78, 5) is 3.54. The Bertz CT molecular complexity index is 1710. The van der Waals surface area contributed by atoms with Gasteiger partial charge in [-0.05, 0) is 60.7 Å². The Labute approximate surface area is 250 Å². The molecular weight excluding hydrogens is 573 g/mol. The van der Waals surface area contributed by atoms with Gasteiger partial charge in [-0.25, -0.2) is 8.42 Å². The molecule has 4 aromatic rings. The van der Waals surface area contributed by atoms with E-state index in [0.717, 1.165) is 46.1 Å². The lowest BCUT2D eigenvalue weighted by atomic mass is 10.1. The van der Waals surface area contributed by atoms with Gasteiger partial charge in [0, 0.05) is 41.8 Å². The lowest BCUT2D eigenvalue weighted by molar-refractivity contribution is -0.669. The number of thioether (sulfide) groups is 1. The maximum absolute atomic E-state index is 11.2. The number of allylic oxidation sites excluding steroid dienone is 2. The van der Waals surface area contributed by atoms with E-state index in [1.807, 2.05) is 24.3 Å². The molecule has 0 atom stereocenters. The van der Waals surface area contributed by atoms with Crippen LogP contribution < -0.4 is 14.2 Å². The minimum absolute atomic E-state index is 0.336. The highest BCUT2D eigenvalue weighted by atomic mass is 32.2. The van der Waals surface area contributed by atoms with Crippen LogP contribution in [0.1, 0.15) is 38.1 Å². The summed E-state index contributed by atoms with van der Waals surface area (Å²) < 4.78 is 42.5. The van der Waals surface area contributed by atoms with Gasteiger partial charge in [0.2, 0.25) is 5.52 Å². The quantitative estimate of drug-likeness (QED) is 0.100. The third-order valence-electron chi connectivity index (χ3n) is 7.14. The lowest BCUT2D eigenvalue weighted by Gasteiger charge is -2.18. The van der Waals surface area contributed by atoms with Gasteiger partial charge in [0.25, 0.3) is 5.01 Å². The van der Waals surface area contributed by atoms with Crippen molar-refractivity contribution in [3.8, 4) is 16.9 Å². The van der Waals surface area contributed by atoms with E-state index in [0.29, 0.717) is 19.4 Å². The third kappa shape index (κ3) is 6.86. The van der Waals surface area contributed by atoms with Crippen LogP contribution in [0.5, 0.6) is 5.75 Å². The smallest absolute Gasteiger partial charge is 0.263 e. The van der Waals surface area contributed by atoms with E-state index in [4.69, 9.17) is 4.74 Å². The number of rotatable bonds is 11. The first-order valence-corrected chi connectivity index (χ1v) is 17.0. The molecule has 1 aliphatic heterocycles. The minimum Gasteiger partial charge on any atom is -0.748 e. The largest absolute Gasteiger partial charge is 0.748 e. The summed E-state index contributed by atoms with van der Waals surface area (Å²) in [5, 5.41) is 2.29. The molecule has 1 aliphatic rings. The number of unbranched alkanes of at least 4 members (excludes halogenated alkanes) is 1. The molecule has 0 unspecified atom stereocenters. The van der Waals surface area contributed by atoms with Crippen molar-refractivity contribution in [1.29, 1.82) is 0 Å². The van der Waals surface area contributed by atoms with Gasteiger partial charge in [0.1, 0.15) is 10.4 Å². The Kier molecular flexibility index (Phi) is 9.19. The summed E-state index contributed by atoms with van der Waals surface area (Å²) in [6, 6.07) is 23.0. The highest BCUT2D eigenvalue weighted by Crippen LogP contribution is 2.47. The van der Waals surface area contributed by atoms with Crippen LogP contribution >= 0.6 is 23.1 Å². The second kappa shape index (κ2) is 12.8. The molecular formula is C32H34N2O4S3. The molecule has 5 rings (SSSR count). The van der Waals surface area contributed by atoms with Crippen molar-refractivity contribution in [1.82, 2.24) is 0 Å². The molecule has 0 aliphatic carbocycles. The van der Waals surface area contributed by atoms with Crippen molar-refractivity contribution in [2.75, 3.05) is 24.3 Å². The van der Waals surface area contributed by atoms with Crippen molar-refractivity contribution in [2.45, 2.75) is 44.6 Å². The normalized spacial score (nSPS) is 14.7. The van der Waals surface area contributed by atoms with Crippen LogP contribution in [0.2, 0.25) is 0 Å². The Morgan fingerprint density at radius 1 is 1.02 bits per heavy atom. The highest BCUT2D eigenvalue weighted by molar-refractivity contribution is 8.03. The predicted molar refractivity (Wildman–Crippen MR) is 169 cm³/mol. The van der Waals surface area contributed by atoms with Crippen LogP contribution in [0.3, 0.4) is 0 Å². The average Bonchev–Trinajstić information content (AvgIpc) is 3.50. The van der Waals surface area contributed by atoms with Gasteiger partial charge in [0.15, 0.2) is 6.54 Å². The molecule has 1 aromatic heterocycles. The number of methoxy groups -OCH3 is 1. The molecule has 0 N–H and O–H groups in total. The van der Waals surface area contributed by atoms with Crippen LogP contribution in [0.15, 0.2) is 88.3 Å². The van der Waals surface area contributed by atoms with Crippen molar-refractivity contribution in [3.63, 3.8) is 0 Å². The summed E-state index contributed by atoms with van der Waals surface area (Å²) in [6.45, 7) is 5.81. The molecule has 0 saturated heterocycles. The summed E-state index contributed by atoms with van der Waals surface area (Å²) >= 11 is 3.50. The maximum Gasteiger partial charge on any atom is 0.263 e. The number of nitrogens with zero attached hydrogens (tertiary/aromatic N) is 2. The molecule has 214 valence electrons. The summed E-state index contributed by atoms with van der Waals surface area (Å²) in [5.41, 5.74) is 5.76. The second-order valence-electron chi connectivity index (χ2n) is 9.84. The highest BCUT2D eigenvalue weighted by Gasteiger charge is 2.25. The van der Waals surface area contributed by atoms with Gasteiger partial charge in [-0.1, -0.05) is 66.4 Å². The molecule has 0 radical (unpaired) electrons. The first kappa shape index (κ1) is 29.4. The van der Waals surface area contributed by atoms with Crippen LogP contribution in [-0.4, -0.2) is 32.4 Å². The molecule has 0 bridgehead atoms. The Hall–Kier alpha value is -3.11. The number of aryl methyl sites for hydroxylation is 1. The van der Waals surface area contributed by atoms with Crippen molar-refractivity contribution in [3.05, 3.63) is 88.4 Å². The SMILES string of the molecule is CCC(=C/c1sc2ccc(-c3ccccc3)cc2[n+]1CCCCS(=O)(=O)[O-])/C=C1/Sc2ccc(OC)cc2N1CC. The molecule has 0 fully saturated rings. The van der Waals surface area contributed by atoms with Crippen LogP contribution in [0, 0.1) is 0 Å².